The Balaban J connectivity index is 1.94. The van der Waals surface area contributed by atoms with Gasteiger partial charge >= 0.3 is 12.2 Å². The summed E-state index contributed by atoms with van der Waals surface area (Å²) in [6.07, 6.45) is -0.472. The van der Waals surface area contributed by atoms with Crippen molar-refractivity contribution in [3.05, 3.63) is 59.2 Å². The van der Waals surface area contributed by atoms with Crippen LogP contribution in [-0.2, 0) is 33.6 Å². The number of ether oxygens (including phenoxy) is 4. The third kappa shape index (κ3) is 5.70. The Morgan fingerprint density at radius 3 is 2.50 bits per heavy atom. The molecule has 0 saturated heterocycles. The number of nitrogens with two attached hydrogens (primary N) is 1. The Kier molecular flexibility index (Phi) is 6.93. The Bertz CT molecular complexity index is 985. The number of fused-ring (bicyclic) bond motifs is 1. The van der Waals surface area contributed by atoms with Crippen LogP contribution < -0.4 is 15.8 Å². The molecule has 172 valence electrons. The van der Waals surface area contributed by atoms with Crippen molar-refractivity contribution in [2.45, 2.75) is 57.9 Å². The van der Waals surface area contributed by atoms with Gasteiger partial charge in [-0.3, -0.25) is 5.32 Å². The molecule has 0 bridgehead atoms. The molecule has 3 N–H and O–H groups in total. The highest BCUT2D eigenvalue weighted by molar-refractivity contribution is 5.70. The van der Waals surface area contributed by atoms with Crippen molar-refractivity contribution in [2.24, 2.45) is 5.73 Å². The summed E-state index contributed by atoms with van der Waals surface area (Å²) >= 11 is 0. The minimum Gasteiger partial charge on any atom is -0.457 e. The summed E-state index contributed by atoms with van der Waals surface area (Å²) < 4.78 is 21.9. The van der Waals surface area contributed by atoms with Gasteiger partial charge in [-0.05, 0) is 44.9 Å². The van der Waals surface area contributed by atoms with Crippen molar-refractivity contribution in [1.82, 2.24) is 5.32 Å². The van der Waals surface area contributed by atoms with Crippen molar-refractivity contribution in [1.29, 1.82) is 0 Å². The lowest BCUT2D eigenvalue weighted by molar-refractivity contribution is -0.0600. The van der Waals surface area contributed by atoms with Crippen LogP contribution in [0.2, 0.25) is 0 Å². The molecule has 0 unspecified atom stereocenters. The van der Waals surface area contributed by atoms with Crippen LogP contribution in [0, 0.1) is 0 Å². The predicted octanol–water partition coefficient (Wildman–Crippen LogP) is 4.43. The van der Waals surface area contributed by atoms with Gasteiger partial charge in [0.2, 0.25) is 0 Å². The van der Waals surface area contributed by atoms with E-state index < -0.39 is 23.6 Å². The number of carbonyl (C=O) groups is 2. The van der Waals surface area contributed by atoms with Crippen LogP contribution in [0.1, 0.15) is 43.9 Å². The number of rotatable bonds is 5. The van der Waals surface area contributed by atoms with E-state index in [1.807, 2.05) is 42.5 Å². The molecule has 8 nitrogen and oxygen atoms in total. The highest BCUT2D eigenvalue weighted by atomic mass is 16.7. The second-order valence-electron chi connectivity index (χ2n) is 8.66. The fourth-order valence-electron chi connectivity index (χ4n) is 3.65. The molecule has 0 heterocycles. The van der Waals surface area contributed by atoms with Crippen molar-refractivity contribution < 1.29 is 28.5 Å². The first-order chi connectivity index (χ1) is 15.1. The van der Waals surface area contributed by atoms with E-state index in [1.54, 1.807) is 20.8 Å². The Hall–Kier alpha value is -3.26. The van der Waals surface area contributed by atoms with E-state index in [0.717, 1.165) is 16.7 Å². The number of hydrogen-bond acceptors (Lipinski definition) is 7. The van der Waals surface area contributed by atoms with Crippen LogP contribution in [0.5, 0.6) is 11.5 Å². The predicted molar refractivity (Wildman–Crippen MR) is 118 cm³/mol. The van der Waals surface area contributed by atoms with E-state index >= 15 is 0 Å². The highest BCUT2D eigenvalue weighted by Crippen LogP contribution is 2.38. The normalized spacial score (nSPS) is 17.7. The third-order valence-electron chi connectivity index (χ3n) is 5.08. The lowest BCUT2D eigenvalue weighted by Crippen LogP contribution is -2.56. The minimum atomic E-state index is -1.34. The number of benzene rings is 2. The fourth-order valence-corrected chi connectivity index (χ4v) is 3.65. The average molecular weight is 443 g/mol. The highest BCUT2D eigenvalue weighted by Gasteiger charge is 2.42. The van der Waals surface area contributed by atoms with Crippen LogP contribution in [-0.4, -0.2) is 30.7 Å². The Morgan fingerprint density at radius 1 is 1.09 bits per heavy atom. The lowest BCUT2D eigenvalue weighted by Gasteiger charge is -2.38. The molecule has 1 aliphatic carbocycles. The molecule has 1 atom stereocenters. The largest absolute Gasteiger partial charge is 0.510 e. The zero-order chi connectivity index (χ0) is 23.4. The maximum Gasteiger partial charge on any atom is 0.510 e. The van der Waals surface area contributed by atoms with Gasteiger partial charge < -0.3 is 24.7 Å². The maximum atomic E-state index is 12.6. The molecule has 3 rings (SSSR count). The molecule has 1 aliphatic rings. The first kappa shape index (κ1) is 23.4. The molecule has 0 fully saturated rings. The molecule has 8 heteroatoms. The summed E-state index contributed by atoms with van der Waals surface area (Å²) in [5, 5.41) is 2.75. The van der Waals surface area contributed by atoms with E-state index in [2.05, 4.69) is 5.32 Å². The molecular weight excluding hydrogens is 412 g/mol. The second-order valence-corrected chi connectivity index (χ2v) is 8.66. The van der Waals surface area contributed by atoms with Crippen LogP contribution in [0.25, 0.3) is 0 Å². The summed E-state index contributed by atoms with van der Waals surface area (Å²) in [4.78, 5) is 24.6. The molecule has 0 aliphatic heterocycles. The van der Waals surface area contributed by atoms with Crippen LogP contribution in [0.15, 0.2) is 42.5 Å². The van der Waals surface area contributed by atoms with Gasteiger partial charge in [0.25, 0.3) is 0 Å². The van der Waals surface area contributed by atoms with Crippen LogP contribution >= 0.6 is 0 Å². The number of methoxy groups -OCH3 is 1. The number of nitrogens with one attached hydrogen (secondary N) is 1. The van der Waals surface area contributed by atoms with E-state index in [4.69, 9.17) is 24.7 Å². The van der Waals surface area contributed by atoms with Crippen LogP contribution in [0.4, 0.5) is 9.59 Å². The summed E-state index contributed by atoms with van der Waals surface area (Å²) in [6, 6.07) is 13.3. The summed E-state index contributed by atoms with van der Waals surface area (Å²) in [5.41, 5.74) is 6.54. The summed E-state index contributed by atoms with van der Waals surface area (Å²) in [5.74, 6) is 1.25. The molecule has 0 radical (unpaired) electrons. The third-order valence-corrected chi connectivity index (χ3v) is 5.08. The molecule has 0 spiro atoms. The molecule has 0 saturated carbocycles. The van der Waals surface area contributed by atoms with Gasteiger partial charge in [0.1, 0.15) is 17.1 Å². The first-order valence-corrected chi connectivity index (χ1v) is 10.5. The molecule has 32 heavy (non-hydrogen) atoms. The van der Waals surface area contributed by atoms with Gasteiger partial charge in [0.15, 0.2) is 5.72 Å². The minimum absolute atomic E-state index is 0.192. The fraction of sp³-hybridized carbons (Fsp3) is 0.417. The number of para-hydroxylation sites is 1. The number of amides is 1. The molecule has 2 aromatic rings. The van der Waals surface area contributed by atoms with Crippen LogP contribution in [0.3, 0.4) is 0 Å². The smallest absolute Gasteiger partial charge is 0.457 e. The van der Waals surface area contributed by atoms with Gasteiger partial charge in [0.05, 0.1) is 7.11 Å². The Morgan fingerprint density at radius 2 is 1.81 bits per heavy atom. The molecule has 0 aromatic heterocycles. The quantitative estimate of drug-likeness (QED) is 0.521. The Labute approximate surface area is 188 Å². The van der Waals surface area contributed by atoms with Crippen molar-refractivity contribution in [3.8, 4) is 11.5 Å². The van der Waals surface area contributed by atoms with E-state index in [-0.39, 0.29) is 6.42 Å². The SMILES string of the molecule is COC(=O)O[C@]1(NC(=O)OC(C)(C)C)CCc2cccc(Oc3ccccc3CN)c2C1. The van der Waals surface area contributed by atoms with Crippen molar-refractivity contribution in [2.75, 3.05) is 7.11 Å². The molecule has 1 amide bonds. The van der Waals surface area contributed by atoms with E-state index in [0.29, 0.717) is 30.9 Å². The van der Waals surface area contributed by atoms with Gasteiger partial charge in [-0.2, -0.15) is 0 Å². The van der Waals surface area contributed by atoms with Gasteiger partial charge in [-0.15, -0.1) is 0 Å². The van der Waals surface area contributed by atoms with E-state index in [9.17, 15) is 9.59 Å². The zero-order valence-electron chi connectivity index (χ0n) is 18.9. The second kappa shape index (κ2) is 9.48. The first-order valence-electron chi connectivity index (χ1n) is 10.5. The maximum absolute atomic E-state index is 12.6. The topological polar surface area (TPSA) is 109 Å². The number of aryl methyl sites for hydroxylation is 1. The lowest BCUT2D eigenvalue weighted by atomic mass is 9.85. The number of hydrogen-bond donors (Lipinski definition) is 2. The van der Waals surface area contributed by atoms with Gasteiger partial charge in [-0.1, -0.05) is 30.3 Å². The molecular formula is C24H30N2O6. The molecule has 2 aromatic carbocycles. The van der Waals surface area contributed by atoms with Gasteiger partial charge in [-0.25, -0.2) is 9.59 Å². The number of carbonyl (C=O) groups excluding carboxylic acids is 2. The summed E-state index contributed by atoms with van der Waals surface area (Å²) in [6.45, 7) is 5.62. The zero-order valence-corrected chi connectivity index (χ0v) is 18.9. The number of alkyl carbamates (subject to hydrolysis) is 1. The average Bonchev–Trinajstić information content (AvgIpc) is 2.73. The van der Waals surface area contributed by atoms with Gasteiger partial charge in [0, 0.05) is 30.5 Å². The van der Waals surface area contributed by atoms with E-state index in [1.165, 1.54) is 7.11 Å². The van der Waals surface area contributed by atoms with Crippen molar-refractivity contribution >= 4 is 12.2 Å². The van der Waals surface area contributed by atoms with Crippen molar-refractivity contribution in [3.63, 3.8) is 0 Å². The summed E-state index contributed by atoms with van der Waals surface area (Å²) in [7, 11) is 1.22. The standard InChI is InChI=1S/C24H30N2O6/c1-23(2,3)31-21(27)26-24(32-22(28)29-4)13-12-16-9-7-11-20(18(16)14-24)30-19-10-6-5-8-17(19)15-25/h5-11H,12-15,25H2,1-4H3,(H,26,27)/t24-/m1/s1. The monoisotopic (exact) mass is 442 g/mol.